The van der Waals surface area contributed by atoms with Crippen LogP contribution in [-0.4, -0.2) is 136 Å². The molecule has 7 amide bonds. The number of nitrogens with one attached hydrogen (secondary N) is 6. The highest BCUT2D eigenvalue weighted by Gasteiger charge is 2.35. The number of urea groups is 1. The van der Waals surface area contributed by atoms with Gasteiger partial charge in [0, 0.05) is 65.1 Å². The van der Waals surface area contributed by atoms with Gasteiger partial charge in [0.2, 0.25) is 11.8 Å². The first-order chi connectivity index (χ1) is 43.7. The lowest BCUT2D eigenvalue weighted by Crippen LogP contribution is -2.45. The Bertz CT molecular complexity index is 4000. The maximum absolute atomic E-state index is 14.4. The number of hydrogen-bond donors (Lipinski definition) is 9. The molecule has 1 aromatic carbocycles. The van der Waals surface area contributed by atoms with Crippen LogP contribution in [0, 0.1) is 18.8 Å². The highest BCUT2D eigenvalue weighted by molar-refractivity contribution is 7.15. The van der Waals surface area contributed by atoms with Gasteiger partial charge in [-0.15, -0.1) is 68.0 Å². The van der Waals surface area contributed by atoms with E-state index in [9.17, 15) is 53.7 Å². The van der Waals surface area contributed by atoms with Gasteiger partial charge in [0.25, 0.3) is 17.7 Å². The van der Waals surface area contributed by atoms with Gasteiger partial charge in [-0.3, -0.25) is 38.9 Å². The number of ether oxygens (including phenoxy) is 1. The van der Waals surface area contributed by atoms with Gasteiger partial charge in [-0.2, -0.15) is 0 Å². The van der Waals surface area contributed by atoms with Gasteiger partial charge < -0.3 is 51.5 Å². The minimum Gasteiger partial charge on any atom is -0.481 e. The second kappa shape index (κ2) is 29.3. The number of nitrogens with zero attached hydrogens (tertiary/aromatic N) is 8. The molecule has 7 aromatic heterocycles. The average Bonchev–Trinajstić information content (AvgIpc) is 1.75. The van der Waals surface area contributed by atoms with E-state index in [4.69, 9.17) is 39.6 Å². The molecule has 1 saturated carbocycles. The first kappa shape index (κ1) is 65.6. The largest absolute Gasteiger partial charge is 0.481 e. The molecule has 1 aliphatic heterocycles. The summed E-state index contributed by atoms with van der Waals surface area (Å²) in [6.07, 6.45) is 0.0938. The van der Waals surface area contributed by atoms with Crippen LogP contribution in [0.25, 0.3) is 43.4 Å². The summed E-state index contributed by atoms with van der Waals surface area (Å²) >= 11 is 7.03. The summed E-state index contributed by atoms with van der Waals surface area (Å²) in [7, 11) is 2.92. The number of thiazole rings is 6. The first-order valence-corrected chi connectivity index (χ1v) is 33.9. The normalized spacial score (nSPS) is 18.5. The smallest absolute Gasteiger partial charge is 0.323 e. The maximum Gasteiger partial charge on any atom is 0.323 e. The Morgan fingerprint density at radius 3 is 2.13 bits per heavy atom. The summed E-state index contributed by atoms with van der Waals surface area (Å²) in [4.78, 5) is 143. The highest BCUT2D eigenvalue weighted by Crippen LogP contribution is 2.41. The van der Waals surface area contributed by atoms with Crippen molar-refractivity contribution in [1.82, 2.24) is 66.4 Å². The summed E-state index contributed by atoms with van der Waals surface area (Å²) in [6, 6.07) is 8.48. The molecule has 0 saturated heterocycles. The molecule has 0 unspecified atom stereocenters. The summed E-state index contributed by atoms with van der Waals surface area (Å²) in [5, 5.41) is 56.8. The van der Waals surface area contributed by atoms with E-state index in [1.165, 1.54) is 48.2 Å². The number of aliphatic hydroxyl groups is 1. The number of fused-ring (bicyclic) bond motifs is 14. The van der Waals surface area contributed by atoms with Gasteiger partial charge >= 0.3 is 18.0 Å². The molecular formula is C59H62N14O12S6. The molecule has 26 nitrogen and oxygen atoms in total. The molecule has 1 aliphatic carbocycles. The number of carbonyl (C=O) groups is 8. The number of carbonyl (C=O) groups excluding carboxylic acids is 6. The molecule has 1 fully saturated rings. The Balaban J connectivity index is 1.02. The van der Waals surface area contributed by atoms with E-state index in [0.717, 1.165) is 34.0 Å². The van der Waals surface area contributed by atoms with E-state index in [1.54, 1.807) is 75.8 Å². The van der Waals surface area contributed by atoms with Crippen molar-refractivity contribution in [3.05, 3.63) is 111 Å². The molecule has 10 bridgehead atoms. The number of methoxy groups -OCH3 is 1. The van der Waals surface area contributed by atoms with Crippen molar-refractivity contribution in [2.75, 3.05) is 32.6 Å². The van der Waals surface area contributed by atoms with Crippen molar-refractivity contribution in [2.24, 2.45) is 11.8 Å². The monoisotopic (exact) mass is 1350 g/mol. The van der Waals surface area contributed by atoms with Crippen LogP contribution in [0.4, 0.5) is 10.6 Å². The number of carboxylic acids is 2. The van der Waals surface area contributed by atoms with Crippen LogP contribution in [-0.2, 0) is 30.5 Å². The lowest BCUT2D eigenvalue weighted by molar-refractivity contribution is -0.143. The molecule has 10 rings (SSSR count). The Morgan fingerprint density at radius 2 is 1.41 bits per heavy atom. The second-order valence-corrected chi connectivity index (χ2v) is 27.5. The number of amides is 7. The van der Waals surface area contributed by atoms with E-state index in [1.807, 2.05) is 13.8 Å². The third-order valence-corrected chi connectivity index (χ3v) is 20.7. The van der Waals surface area contributed by atoms with Crippen LogP contribution in [0.5, 0.6) is 0 Å². The fraction of sp³-hybridized carbons (Fsp3) is 0.373. The van der Waals surface area contributed by atoms with Crippen LogP contribution < -0.4 is 31.9 Å². The summed E-state index contributed by atoms with van der Waals surface area (Å²) in [6.45, 7) is 5.03. The number of aromatic nitrogens is 7. The molecule has 9 N–H and O–H groups in total. The van der Waals surface area contributed by atoms with Gasteiger partial charge in [0.1, 0.15) is 82.2 Å². The summed E-state index contributed by atoms with van der Waals surface area (Å²) < 4.78 is 5.45. The van der Waals surface area contributed by atoms with E-state index in [0.29, 0.717) is 94.4 Å². The van der Waals surface area contributed by atoms with Crippen LogP contribution in [0.3, 0.4) is 0 Å². The maximum atomic E-state index is 14.4. The van der Waals surface area contributed by atoms with Crippen molar-refractivity contribution in [2.45, 2.75) is 103 Å². The zero-order valence-electron chi connectivity index (χ0n) is 49.5. The quantitative estimate of drug-likeness (QED) is 0.0463. The molecule has 4 atom stereocenters. The van der Waals surface area contributed by atoms with Crippen molar-refractivity contribution in [3.8, 4) is 43.4 Å². The number of carboxylic acid groups (broad SMARTS) is 2. The number of hydrogen-bond acceptors (Lipinski definition) is 23. The van der Waals surface area contributed by atoms with Crippen LogP contribution in [0.15, 0.2) is 64.0 Å². The first-order valence-electron chi connectivity index (χ1n) is 28.7. The molecule has 32 heteroatoms. The van der Waals surface area contributed by atoms with E-state index >= 15 is 0 Å². The van der Waals surface area contributed by atoms with Gasteiger partial charge in [-0.05, 0) is 62.6 Å². The topological polar surface area (TPSA) is 372 Å². The van der Waals surface area contributed by atoms with Crippen molar-refractivity contribution < 1.29 is 58.4 Å². The zero-order chi connectivity index (χ0) is 64.6. The Morgan fingerprint density at radius 1 is 0.703 bits per heavy atom. The predicted octanol–water partition coefficient (Wildman–Crippen LogP) is 8.65. The molecular weight excluding hydrogens is 1290 g/mol. The van der Waals surface area contributed by atoms with Crippen molar-refractivity contribution >= 4 is 121 Å². The van der Waals surface area contributed by atoms with Gasteiger partial charge in [-0.1, -0.05) is 44.2 Å². The van der Waals surface area contributed by atoms with Crippen LogP contribution in [0.2, 0.25) is 0 Å². The number of aryl methyl sites for hydroxylation is 1. The zero-order valence-corrected chi connectivity index (χ0v) is 54.4. The molecule has 0 radical (unpaired) electrons. The lowest BCUT2D eigenvalue weighted by atomic mass is 9.85. The van der Waals surface area contributed by atoms with E-state index < -0.39 is 84.2 Å². The van der Waals surface area contributed by atoms with Gasteiger partial charge in [-0.25, -0.2) is 39.7 Å². The van der Waals surface area contributed by atoms with Crippen molar-refractivity contribution in [3.63, 3.8) is 0 Å². The third-order valence-electron chi connectivity index (χ3n) is 15.0. The Kier molecular flexibility index (Phi) is 21.1. The predicted molar refractivity (Wildman–Crippen MR) is 343 cm³/mol. The molecule has 91 heavy (non-hydrogen) atoms. The second-order valence-electron chi connectivity index (χ2n) is 21.6. The molecule has 8 heterocycles. The lowest BCUT2D eigenvalue weighted by Gasteiger charge is -2.35. The summed E-state index contributed by atoms with van der Waals surface area (Å²) in [5.74, 6) is -5.47. The van der Waals surface area contributed by atoms with E-state index in [2.05, 4.69) is 31.9 Å². The highest BCUT2D eigenvalue weighted by atomic mass is 32.1. The molecule has 2 aliphatic rings. The van der Waals surface area contributed by atoms with Crippen LogP contribution in [0.1, 0.15) is 145 Å². The van der Waals surface area contributed by atoms with E-state index in [-0.39, 0.29) is 72.3 Å². The number of anilines is 1. The molecule has 0 spiro atoms. The Hall–Kier alpha value is -8.37. The fourth-order valence-corrected chi connectivity index (χ4v) is 15.8. The Labute approximate surface area is 544 Å². The minimum absolute atomic E-state index is 0.00296. The summed E-state index contributed by atoms with van der Waals surface area (Å²) in [5.41, 5.74) is 2.43. The number of pyridine rings is 1. The number of aliphatic carboxylic acids is 2. The standard InChI is InChI=1S/C59H62N14O12S6/c1-27(2)43-57-72-46(38(91-57)22-85-5)50(80)61-21-41(75)69-47(48(78)29-10-7-6-8-11-29)56-66-37(25-88-56)54-64-35(23-87-54)45-32(52-65-36(24-86-52)49(79)63-34(20-40(74)60-4)55-71-44(28(3)90-55)51(81)70-43)17-18-33(62-45)53-67-39(26-89-53)68-59(84)73(19-9-12-42(76)77)31-15-13-30(14-16-31)58(82)83/h6-8,10-11,17-18,23-27,30-31,34,43,47-48,78H,9,12-16,19-22H2,1-5H3,(H,60,74)(H,61,80)(H,63,79)(H,68,84)(H,69,75)(H,70,81)(H,76,77)(H,82,83)/t30-,31-,34-,43-,47-,48-/m0/s1. The number of benzene rings is 1. The molecule has 476 valence electrons. The van der Waals surface area contributed by atoms with Crippen molar-refractivity contribution in [1.29, 1.82) is 0 Å². The van der Waals surface area contributed by atoms with Gasteiger partial charge in [0.05, 0.1) is 48.1 Å². The average molecular weight is 1350 g/mol. The fourth-order valence-electron chi connectivity index (χ4n) is 10.3. The third kappa shape index (κ3) is 15.5. The molecule has 8 aromatic rings. The number of rotatable bonds is 15. The van der Waals surface area contributed by atoms with Gasteiger partial charge in [0.15, 0.2) is 0 Å². The number of aliphatic hydroxyl groups excluding tert-OH is 1. The minimum atomic E-state index is -1.30. The SMILES string of the molecule is CNC(=O)C[C@@H]1NC(=O)c2csc(n2)-c2ccc(-c3nc(NC(=O)N(CCCC(=O)O)[C@H]4CC[C@H](C(=O)O)CC4)cs3)nc2-c2csc(n2)-c2csc(n2)[C@H]([C@@H](O)c2ccccc2)NC(=O)CNC(=O)c2nc(sc2COC)[C@H](C(C)C)NC(=O)c2nc1sc2C. The van der Waals surface area contributed by atoms with Crippen LogP contribution >= 0.6 is 68.0 Å².